The molecule has 0 aliphatic rings. The van der Waals surface area contributed by atoms with Gasteiger partial charge in [0.1, 0.15) is 0 Å². The Kier molecular flexibility index (Phi) is 3.07. The molecule has 0 spiro atoms. The second kappa shape index (κ2) is 5.04. The first-order valence-electron chi connectivity index (χ1n) is 6.08. The summed E-state index contributed by atoms with van der Waals surface area (Å²) < 4.78 is 5.56. The highest BCUT2D eigenvalue weighted by Gasteiger charge is 2.13. The predicted octanol–water partition coefficient (Wildman–Crippen LogP) is 2.89. The highest BCUT2D eigenvalue weighted by atomic mass is 16.6. The van der Waals surface area contributed by atoms with E-state index in [-0.39, 0.29) is 11.6 Å². The van der Waals surface area contributed by atoms with Crippen molar-refractivity contribution in [3.05, 3.63) is 58.6 Å². The van der Waals surface area contributed by atoms with Crippen LogP contribution in [0.1, 0.15) is 0 Å². The van der Waals surface area contributed by atoms with Crippen LogP contribution in [0.5, 0.6) is 0 Å². The fourth-order valence-corrected chi connectivity index (χ4v) is 1.87. The molecular formula is C14H10N4O3. The standard InChI is InChI=1S/C14H10N4O3/c15-12-4-2-1-3-11(12)14-17-16-13(21-14)9-5-7-10(8-6-9)18(19)20/h1-8H,15H2. The highest BCUT2D eigenvalue weighted by Crippen LogP contribution is 2.28. The zero-order valence-corrected chi connectivity index (χ0v) is 10.8. The second-order valence-corrected chi connectivity index (χ2v) is 4.30. The summed E-state index contributed by atoms with van der Waals surface area (Å²) in [5, 5.41) is 18.5. The van der Waals surface area contributed by atoms with E-state index >= 15 is 0 Å². The van der Waals surface area contributed by atoms with Crippen LogP contribution in [-0.2, 0) is 0 Å². The van der Waals surface area contributed by atoms with Gasteiger partial charge in [-0.3, -0.25) is 10.1 Å². The molecule has 21 heavy (non-hydrogen) atoms. The predicted molar refractivity (Wildman–Crippen MR) is 76.2 cm³/mol. The summed E-state index contributed by atoms with van der Waals surface area (Å²) in [5.74, 6) is 0.588. The van der Waals surface area contributed by atoms with Crippen molar-refractivity contribution < 1.29 is 9.34 Å². The maximum atomic E-state index is 10.6. The molecule has 0 atom stereocenters. The molecule has 0 unspecified atom stereocenters. The van der Waals surface area contributed by atoms with Crippen LogP contribution in [0.2, 0.25) is 0 Å². The van der Waals surface area contributed by atoms with Gasteiger partial charge >= 0.3 is 0 Å². The number of hydrogen-bond donors (Lipinski definition) is 1. The molecule has 104 valence electrons. The molecule has 0 fully saturated rings. The average molecular weight is 282 g/mol. The monoisotopic (exact) mass is 282 g/mol. The Hall–Kier alpha value is -3.22. The van der Waals surface area contributed by atoms with Crippen LogP contribution in [0.15, 0.2) is 52.9 Å². The van der Waals surface area contributed by atoms with Crippen LogP contribution in [0.3, 0.4) is 0 Å². The molecule has 2 N–H and O–H groups in total. The first-order chi connectivity index (χ1) is 10.1. The summed E-state index contributed by atoms with van der Waals surface area (Å²) in [7, 11) is 0. The minimum atomic E-state index is -0.465. The van der Waals surface area contributed by atoms with Gasteiger partial charge in [0.25, 0.3) is 5.69 Å². The van der Waals surface area contributed by atoms with Gasteiger partial charge in [0.05, 0.1) is 10.5 Å². The number of anilines is 1. The van der Waals surface area contributed by atoms with Gasteiger partial charge in [-0.2, -0.15) is 0 Å². The van der Waals surface area contributed by atoms with Crippen molar-refractivity contribution in [1.29, 1.82) is 0 Å². The molecule has 3 aromatic rings. The number of nitro groups is 1. The summed E-state index contributed by atoms with van der Waals surface area (Å²) in [6.45, 7) is 0. The largest absolute Gasteiger partial charge is 0.416 e. The third-order valence-electron chi connectivity index (χ3n) is 2.94. The first kappa shape index (κ1) is 12.8. The molecule has 7 heteroatoms. The van der Waals surface area contributed by atoms with Crippen molar-refractivity contribution in [2.24, 2.45) is 0 Å². The molecule has 0 amide bonds. The Bertz CT molecular complexity index is 796. The number of nitrogens with zero attached hydrogens (tertiary/aromatic N) is 3. The molecule has 3 rings (SSSR count). The molecule has 0 bridgehead atoms. The lowest BCUT2D eigenvalue weighted by Crippen LogP contribution is -1.88. The van der Waals surface area contributed by atoms with Gasteiger partial charge in [-0.25, -0.2) is 0 Å². The summed E-state index contributed by atoms with van der Waals surface area (Å²) in [6, 6.07) is 13.0. The number of hydrogen-bond acceptors (Lipinski definition) is 6. The van der Waals surface area contributed by atoms with E-state index in [9.17, 15) is 10.1 Å². The lowest BCUT2D eigenvalue weighted by molar-refractivity contribution is -0.384. The van der Waals surface area contributed by atoms with Crippen LogP contribution in [0.4, 0.5) is 11.4 Å². The van der Waals surface area contributed by atoms with Crippen LogP contribution in [0, 0.1) is 10.1 Å². The van der Waals surface area contributed by atoms with Crippen molar-refractivity contribution in [2.75, 3.05) is 5.73 Å². The Balaban J connectivity index is 1.95. The molecule has 0 aliphatic carbocycles. The molecule has 0 saturated heterocycles. The summed E-state index contributed by atoms with van der Waals surface area (Å²) in [6.07, 6.45) is 0. The van der Waals surface area contributed by atoms with Crippen molar-refractivity contribution >= 4 is 11.4 Å². The number of aromatic nitrogens is 2. The van der Waals surface area contributed by atoms with E-state index in [1.54, 1.807) is 24.3 Å². The van der Waals surface area contributed by atoms with Crippen molar-refractivity contribution in [2.45, 2.75) is 0 Å². The smallest absolute Gasteiger partial charge is 0.269 e. The van der Waals surface area contributed by atoms with E-state index in [0.717, 1.165) is 0 Å². The van der Waals surface area contributed by atoms with Gasteiger partial charge in [0, 0.05) is 23.4 Å². The molecule has 0 radical (unpaired) electrons. The lowest BCUT2D eigenvalue weighted by Gasteiger charge is -1.98. The summed E-state index contributed by atoms with van der Waals surface area (Å²) in [5.41, 5.74) is 7.65. The van der Waals surface area contributed by atoms with Gasteiger partial charge in [0.2, 0.25) is 11.8 Å². The fraction of sp³-hybridized carbons (Fsp3) is 0. The van der Waals surface area contributed by atoms with Crippen molar-refractivity contribution in [1.82, 2.24) is 10.2 Å². The second-order valence-electron chi connectivity index (χ2n) is 4.30. The number of nitro benzene ring substituents is 1. The lowest BCUT2D eigenvalue weighted by atomic mass is 10.2. The van der Waals surface area contributed by atoms with Crippen molar-refractivity contribution in [3.8, 4) is 22.9 Å². The Morgan fingerprint density at radius 2 is 1.67 bits per heavy atom. The van der Waals surface area contributed by atoms with Crippen molar-refractivity contribution in [3.63, 3.8) is 0 Å². The Morgan fingerprint density at radius 1 is 1.00 bits per heavy atom. The number of para-hydroxylation sites is 1. The van der Waals surface area contributed by atoms with Gasteiger partial charge < -0.3 is 10.2 Å². The van der Waals surface area contributed by atoms with E-state index in [2.05, 4.69) is 10.2 Å². The molecule has 0 saturated carbocycles. The zero-order chi connectivity index (χ0) is 14.8. The van der Waals surface area contributed by atoms with Crippen LogP contribution >= 0.6 is 0 Å². The van der Waals surface area contributed by atoms with E-state index in [1.807, 2.05) is 12.1 Å². The van der Waals surface area contributed by atoms with E-state index in [0.29, 0.717) is 22.7 Å². The van der Waals surface area contributed by atoms with Gasteiger partial charge in [0.15, 0.2) is 0 Å². The maximum absolute atomic E-state index is 10.6. The zero-order valence-electron chi connectivity index (χ0n) is 10.8. The Morgan fingerprint density at radius 3 is 2.33 bits per heavy atom. The van der Waals surface area contributed by atoms with E-state index < -0.39 is 4.92 Å². The Labute approximate surface area is 119 Å². The number of nitrogen functional groups attached to an aromatic ring is 1. The van der Waals surface area contributed by atoms with E-state index in [4.69, 9.17) is 10.2 Å². The number of rotatable bonds is 3. The maximum Gasteiger partial charge on any atom is 0.269 e. The molecule has 2 aromatic carbocycles. The third kappa shape index (κ3) is 2.44. The van der Waals surface area contributed by atoms with Gasteiger partial charge in [-0.1, -0.05) is 12.1 Å². The third-order valence-corrected chi connectivity index (χ3v) is 2.94. The van der Waals surface area contributed by atoms with Gasteiger partial charge in [-0.15, -0.1) is 10.2 Å². The molecule has 1 heterocycles. The molecule has 7 nitrogen and oxygen atoms in total. The van der Waals surface area contributed by atoms with E-state index in [1.165, 1.54) is 12.1 Å². The minimum Gasteiger partial charge on any atom is -0.416 e. The SMILES string of the molecule is Nc1ccccc1-c1nnc(-c2ccc([N+](=O)[O-])cc2)o1. The van der Waals surface area contributed by atoms with Crippen LogP contribution in [0.25, 0.3) is 22.9 Å². The summed E-state index contributed by atoms with van der Waals surface area (Å²) >= 11 is 0. The molecule has 1 aromatic heterocycles. The summed E-state index contributed by atoms with van der Waals surface area (Å²) in [4.78, 5) is 10.2. The first-order valence-corrected chi connectivity index (χ1v) is 6.08. The van der Waals surface area contributed by atoms with Gasteiger partial charge in [-0.05, 0) is 24.3 Å². The fourth-order valence-electron chi connectivity index (χ4n) is 1.87. The quantitative estimate of drug-likeness (QED) is 0.449. The number of non-ortho nitro benzene ring substituents is 1. The molecule has 0 aliphatic heterocycles. The van der Waals surface area contributed by atoms with Crippen LogP contribution in [-0.4, -0.2) is 15.1 Å². The average Bonchev–Trinajstić information content (AvgIpc) is 2.97. The minimum absolute atomic E-state index is 0.00536. The normalized spacial score (nSPS) is 10.5. The highest BCUT2D eigenvalue weighted by molar-refractivity contribution is 5.70. The number of benzene rings is 2. The van der Waals surface area contributed by atoms with Crippen LogP contribution < -0.4 is 5.73 Å². The topological polar surface area (TPSA) is 108 Å². The number of nitrogens with two attached hydrogens (primary N) is 1. The molecular weight excluding hydrogens is 272 g/mol.